The quantitative estimate of drug-likeness (QED) is 0.457. The molecule has 0 saturated carbocycles. The molecule has 82 valence electrons. The van der Waals surface area contributed by atoms with E-state index in [0.29, 0.717) is 5.11 Å². The molecule has 1 heterocycles. The zero-order valence-electron chi connectivity index (χ0n) is 9.34. The molecule has 2 N–H and O–H groups in total. The van der Waals surface area contributed by atoms with Gasteiger partial charge in [0.2, 0.25) is 0 Å². The van der Waals surface area contributed by atoms with Crippen LogP contribution < -0.4 is 10.7 Å². The second-order valence-electron chi connectivity index (χ2n) is 3.22. The number of nitrogens with zero attached hydrogens (tertiary/aromatic N) is 1. The van der Waals surface area contributed by atoms with Gasteiger partial charge in [0.1, 0.15) is 11.5 Å². The second-order valence-corrected chi connectivity index (χ2v) is 3.62. The molecule has 0 atom stereocenters. The Morgan fingerprint density at radius 3 is 2.60 bits per heavy atom. The van der Waals surface area contributed by atoms with Gasteiger partial charge in [0.05, 0.1) is 5.71 Å². The number of hydrogen-bond acceptors (Lipinski definition) is 3. The number of thiocarbonyl (C=S) groups is 1. The van der Waals surface area contributed by atoms with Crippen molar-refractivity contribution in [2.24, 2.45) is 5.10 Å². The first-order valence-corrected chi connectivity index (χ1v) is 5.05. The van der Waals surface area contributed by atoms with Gasteiger partial charge >= 0.3 is 0 Å². The highest BCUT2D eigenvalue weighted by Crippen LogP contribution is 2.14. The molecule has 0 aliphatic rings. The summed E-state index contributed by atoms with van der Waals surface area (Å²) in [5.41, 5.74) is 4.58. The zero-order chi connectivity index (χ0) is 11.4. The monoisotopic (exact) mass is 225 g/mol. The van der Waals surface area contributed by atoms with Crippen molar-refractivity contribution >= 4 is 23.0 Å². The van der Waals surface area contributed by atoms with Crippen molar-refractivity contribution in [2.45, 2.75) is 20.8 Å². The summed E-state index contributed by atoms with van der Waals surface area (Å²) in [5.74, 6) is 1.75. The van der Waals surface area contributed by atoms with Crippen LogP contribution in [0.15, 0.2) is 15.6 Å². The third kappa shape index (κ3) is 3.06. The van der Waals surface area contributed by atoms with Crippen LogP contribution in [-0.4, -0.2) is 17.9 Å². The molecule has 1 aromatic heterocycles. The van der Waals surface area contributed by atoms with Crippen molar-refractivity contribution in [1.29, 1.82) is 0 Å². The van der Waals surface area contributed by atoms with Gasteiger partial charge < -0.3 is 9.73 Å². The topological polar surface area (TPSA) is 49.6 Å². The lowest BCUT2D eigenvalue weighted by Gasteiger charge is -2.02. The SMILES string of the molecule is CNC(=S)N/N=C(/C)c1cc(C)oc1C. The van der Waals surface area contributed by atoms with Gasteiger partial charge in [-0.15, -0.1) is 0 Å². The fourth-order valence-corrected chi connectivity index (χ4v) is 1.29. The van der Waals surface area contributed by atoms with E-state index >= 15 is 0 Å². The molecule has 4 nitrogen and oxygen atoms in total. The van der Waals surface area contributed by atoms with Crippen LogP contribution in [0.3, 0.4) is 0 Å². The Balaban J connectivity index is 2.80. The van der Waals surface area contributed by atoms with Crippen LogP contribution in [0.5, 0.6) is 0 Å². The summed E-state index contributed by atoms with van der Waals surface area (Å²) < 4.78 is 5.41. The van der Waals surface area contributed by atoms with Crippen molar-refractivity contribution < 1.29 is 4.42 Å². The van der Waals surface area contributed by atoms with Gasteiger partial charge in [-0.05, 0) is 39.1 Å². The lowest BCUT2D eigenvalue weighted by atomic mass is 10.2. The Bertz CT molecular complexity index is 395. The summed E-state index contributed by atoms with van der Waals surface area (Å²) in [5, 5.41) is 7.42. The Labute approximate surface area is 94.7 Å². The van der Waals surface area contributed by atoms with E-state index in [2.05, 4.69) is 15.8 Å². The van der Waals surface area contributed by atoms with Crippen molar-refractivity contribution in [3.63, 3.8) is 0 Å². The highest BCUT2D eigenvalue weighted by atomic mass is 32.1. The molecule has 0 saturated heterocycles. The number of nitrogens with one attached hydrogen (secondary N) is 2. The van der Waals surface area contributed by atoms with Crippen LogP contribution in [0.4, 0.5) is 0 Å². The Hall–Kier alpha value is -1.36. The maximum atomic E-state index is 5.41. The van der Waals surface area contributed by atoms with Crippen LogP contribution in [-0.2, 0) is 0 Å². The minimum Gasteiger partial charge on any atom is -0.466 e. The lowest BCUT2D eigenvalue weighted by molar-refractivity contribution is 0.504. The van der Waals surface area contributed by atoms with E-state index in [0.717, 1.165) is 22.8 Å². The van der Waals surface area contributed by atoms with Crippen molar-refractivity contribution in [3.8, 4) is 0 Å². The summed E-state index contributed by atoms with van der Waals surface area (Å²) in [6.45, 7) is 5.73. The fraction of sp³-hybridized carbons (Fsp3) is 0.400. The number of hydrazone groups is 1. The Kier molecular flexibility index (Phi) is 3.85. The summed E-state index contributed by atoms with van der Waals surface area (Å²) in [7, 11) is 1.74. The minimum atomic E-state index is 0.493. The number of hydrogen-bond donors (Lipinski definition) is 2. The summed E-state index contributed by atoms with van der Waals surface area (Å²) in [6.07, 6.45) is 0. The van der Waals surface area contributed by atoms with E-state index in [1.807, 2.05) is 26.8 Å². The van der Waals surface area contributed by atoms with Gasteiger partial charge in [-0.1, -0.05) is 0 Å². The van der Waals surface area contributed by atoms with Crippen molar-refractivity contribution in [1.82, 2.24) is 10.7 Å². The average Bonchev–Trinajstić information content (AvgIpc) is 2.53. The molecule has 0 unspecified atom stereocenters. The third-order valence-electron chi connectivity index (χ3n) is 1.98. The zero-order valence-corrected chi connectivity index (χ0v) is 10.2. The molecule has 0 amide bonds. The molecule has 0 aliphatic heterocycles. The van der Waals surface area contributed by atoms with Crippen LogP contribution >= 0.6 is 12.2 Å². The van der Waals surface area contributed by atoms with Gasteiger partial charge in [-0.25, -0.2) is 0 Å². The first kappa shape index (κ1) is 11.7. The molecule has 0 fully saturated rings. The smallest absolute Gasteiger partial charge is 0.186 e. The van der Waals surface area contributed by atoms with E-state index < -0.39 is 0 Å². The summed E-state index contributed by atoms with van der Waals surface area (Å²) in [6, 6.07) is 1.96. The van der Waals surface area contributed by atoms with E-state index in [1.165, 1.54) is 0 Å². The van der Waals surface area contributed by atoms with E-state index in [-0.39, 0.29) is 0 Å². The molecule has 1 aromatic rings. The van der Waals surface area contributed by atoms with Crippen LogP contribution in [0.1, 0.15) is 24.0 Å². The maximum absolute atomic E-state index is 5.41. The number of rotatable bonds is 2. The molecule has 5 heteroatoms. The number of furan rings is 1. The van der Waals surface area contributed by atoms with Crippen LogP contribution in [0.25, 0.3) is 0 Å². The van der Waals surface area contributed by atoms with Gasteiger partial charge in [0, 0.05) is 12.6 Å². The highest BCUT2D eigenvalue weighted by Gasteiger charge is 2.07. The molecule has 0 bridgehead atoms. The highest BCUT2D eigenvalue weighted by molar-refractivity contribution is 7.80. The molecule has 1 rings (SSSR count). The minimum absolute atomic E-state index is 0.493. The second kappa shape index (κ2) is 4.93. The van der Waals surface area contributed by atoms with E-state index in [1.54, 1.807) is 7.05 Å². The molecule has 0 aromatic carbocycles. The van der Waals surface area contributed by atoms with Crippen molar-refractivity contribution in [2.75, 3.05) is 7.05 Å². The van der Waals surface area contributed by atoms with E-state index in [4.69, 9.17) is 16.6 Å². The molecular formula is C10H15N3OS. The Morgan fingerprint density at radius 1 is 1.47 bits per heavy atom. The van der Waals surface area contributed by atoms with Gasteiger partial charge in [0.15, 0.2) is 5.11 Å². The molecule has 15 heavy (non-hydrogen) atoms. The van der Waals surface area contributed by atoms with Gasteiger partial charge in [-0.3, -0.25) is 5.43 Å². The van der Waals surface area contributed by atoms with Gasteiger partial charge in [0.25, 0.3) is 0 Å². The largest absolute Gasteiger partial charge is 0.466 e. The van der Waals surface area contributed by atoms with Gasteiger partial charge in [-0.2, -0.15) is 5.10 Å². The normalized spacial score (nSPS) is 11.3. The lowest BCUT2D eigenvalue weighted by Crippen LogP contribution is -2.29. The fourth-order valence-electron chi connectivity index (χ4n) is 1.24. The predicted octanol–water partition coefficient (Wildman–Crippen LogP) is 1.71. The number of aryl methyl sites for hydroxylation is 2. The van der Waals surface area contributed by atoms with Crippen LogP contribution in [0.2, 0.25) is 0 Å². The first-order chi connectivity index (χ1) is 7.04. The molecule has 0 radical (unpaired) electrons. The molecular weight excluding hydrogens is 210 g/mol. The standard InChI is InChI=1S/C10H15N3OS/c1-6-5-9(8(3)14-6)7(2)12-13-10(15)11-4/h5H,1-4H3,(H2,11,13,15)/b12-7-. The van der Waals surface area contributed by atoms with Crippen molar-refractivity contribution in [3.05, 3.63) is 23.2 Å². The summed E-state index contributed by atoms with van der Waals surface area (Å²) in [4.78, 5) is 0. The average molecular weight is 225 g/mol. The molecule has 0 aliphatic carbocycles. The molecule has 0 spiro atoms. The summed E-state index contributed by atoms with van der Waals surface area (Å²) >= 11 is 4.91. The van der Waals surface area contributed by atoms with E-state index in [9.17, 15) is 0 Å². The maximum Gasteiger partial charge on any atom is 0.186 e. The first-order valence-electron chi connectivity index (χ1n) is 4.64. The Morgan fingerprint density at radius 2 is 2.13 bits per heavy atom. The predicted molar refractivity (Wildman–Crippen MR) is 65.2 cm³/mol. The van der Waals surface area contributed by atoms with Crippen LogP contribution in [0, 0.1) is 13.8 Å². The third-order valence-corrected chi connectivity index (χ3v) is 2.28.